The second-order valence-electron chi connectivity index (χ2n) is 6.57. The Balaban J connectivity index is 0.00000210. The number of nitrogens with zero attached hydrogens (tertiary/aromatic N) is 5. The fourth-order valence-corrected chi connectivity index (χ4v) is 3.75. The molecule has 1 aliphatic rings. The highest BCUT2D eigenvalue weighted by Gasteiger charge is 2.26. The number of piperazine rings is 1. The van der Waals surface area contributed by atoms with Crippen molar-refractivity contribution >= 4 is 18.2 Å². The predicted molar refractivity (Wildman–Crippen MR) is 110 cm³/mol. The highest BCUT2D eigenvalue weighted by atomic mass is 35.5. The Labute approximate surface area is 166 Å². The third-order valence-electron chi connectivity index (χ3n) is 5.07. The molecular formula is C20H25ClN6. The third-order valence-corrected chi connectivity index (χ3v) is 5.07. The van der Waals surface area contributed by atoms with Crippen molar-refractivity contribution in [3.8, 4) is 11.3 Å². The lowest BCUT2D eigenvalue weighted by Crippen LogP contribution is -2.48. The topological polar surface area (TPSA) is 60.9 Å². The number of aromatic amines is 1. The van der Waals surface area contributed by atoms with Crippen LogP contribution in [0.3, 0.4) is 0 Å². The van der Waals surface area contributed by atoms with Crippen molar-refractivity contribution in [2.75, 3.05) is 31.1 Å². The first-order valence-electron chi connectivity index (χ1n) is 9.21. The molecule has 1 fully saturated rings. The first kappa shape index (κ1) is 19.3. The summed E-state index contributed by atoms with van der Waals surface area (Å²) in [5, 5.41) is 7.05. The number of H-pyrrole nitrogens is 1. The van der Waals surface area contributed by atoms with E-state index in [2.05, 4.69) is 49.0 Å². The molecule has 1 saturated heterocycles. The highest BCUT2D eigenvalue weighted by molar-refractivity contribution is 5.85. The number of rotatable bonds is 5. The monoisotopic (exact) mass is 384 g/mol. The van der Waals surface area contributed by atoms with Gasteiger partial charge in [0.15, 0.2) is 5.82 Å². The molecule has 27 heavy (non-hydrogen) atoms. The van der Waals surface area contributed by atoms with Crippen molar-refractivity contribution in [3.63, 3.8) is 0 Å². The van der Waals surface area contributed by atoms with Gasteiger partial charge in [0.05, 0.1) is 6.20 Å². The molecule has 142 valence electrons. The lowest BCUT2D eigenvalue weighted by Gasteiger charge is -2.39. The normalized spacial score (nSPS) is 16.0. The van der Waals surface area contributed by atoms with Gasteiger partial charge >= 0.3 is 0 Å². The number of anilines is 1. The summed E-state index contributed by atoms with van der Waals surface area (Å²) >= 11 is 0. The van der Waals surface area contributed by atoms with Gasteiger partial charge in [0.2, 0.25) is 0 Å². The lowest BCUT2D eigenvalue weighted by atomic mass is 10.1. The van der Waals surface area contributed by atoms with E-state index in [4.69, 9.17) is 0 Å². The van der Waals surface area contributed by atoms with E-state index in [9.17, 15) is 0 Å². The summed E-state index contributed by atoms with van der Waals surface area (Å²) in [6, 6.07) is 10.7. The smallest absolute Gasteiger partial charge is 0.155 e. The molecule has 0 aliphatic carbocycles. The Hall–Kier alpha value is -2.44. The van der Waals surface area contributed by atoms with Crippen molar-refractivity contribution in [2.24, 2.45) is 0 Å². The van der Waals surface area contributed by atoms with Gasteiger partial charge < -0.3 is 4.90 Å². The van der Waals surface area contributed by atoms with Crippen molar-refractivity contribution < 1.29 is 0 Å². The van der Waals surface area contributed by atoms with E-state index >= 15 is 0 Å². The van der Waals surface area contributed by atoms with Crippen LogP contribution in [-0.4, -0.2) is 51.2 Å². The standard InChI is InChI=1S/C20H24N6.ClH/c1-2-18(17-14-23-24-15-17)25-10-12-26(13-11-25)20-19(21-8-9-22-20)16-6-4-3-5-7-16;/h3-9,14-15,18H,2,10-13H2,1H3,(H,23,24);1H. The molecule has 7 heteroatoms. The molecule has 6 nitrogen and oxygen atoms in total. The number of aromatic nitrogens is 4. The van der Waals surface area contributed by atoms with Crippen molar-refractivity contribution in [3.05, 3.63) is 60.7 Å². The second kappa shape index (κ2) is 8.97. The van der Waals surface area contributed by atoms with E-state index in [0.717, 1.165) is 49.7 Å². The van der Waals surface area contributed by atoms with Gasteiger partial charge in [0, 0.05) is 61.9 Å². The Morgan fingerprint density at radius 1 is 1.04 bits per heavy atom. The van der Waals surface area contributed by atoms with Crippen molar-refractivity contribution in [2.45, 2.75) is 19.4 Å². The Bertz CT molecular complexity index is 816. The van der Waals surface area contributed by atoms with Crippen molar-refractivity contribution in [1.82, 2.24) is 25.1 Å². The van der Waals surface area contributed by atoms with Crippen LogP contribution in [0, 0.1) is 0 Å². The third kappa shape index (κ3) is 4.12. The maximum atomic E-state index is 4.65. The van der Waals surface area contributed by atoms with Crippen LogP contribution in [0.25, 0.3) is 11.3 Å². The molecule has 1 aliphatic heterocycles. The number of halogens is 1. The van der Waals surface area contributed by atoms with Gasteiger partial charge in [-0.3, -0.25) is 15.0 Å². The van der Waals surface area contributed by atoms with E-state index in [1.165, 1.54) is 5.56 Å². The summed E-state index contributed by atoms with van der Waals surface area (Å²) in [4.78, 5) is 14.2. The zero-order valence-electron chi connectivity index (χ0n) is 15.5. The minimum atomic E-state index is 0. The van der Waals surface area contributed by atoms with Crippen LogP contribution in [0.5, 0.6) is 0 Å². The highest BCUT2D eigenvalue weighted by Crippen LogP contribution is 2.29. The second-order valence-corrected chi connectivity index (χ2v) is 6.57. The van der Waals surface area contributed by atoms with Crippen LogP contribution >= 0.6 is 12.4 Å². The number of benzene rings is 1. The molecule has 1 atom stereocenters. The van der Waals surface area contributed by atoms with Crippen LogP contribution in [-0.2, 0) is 0 Å². The van der Waals surface area contributed by atoms with Gasteiger partial charge in [-0.15, -0.1) is 12.4 Å². The molecule has 3 heterocycles. The van der Waals surface area contributed by atoms with E-state index in [0.29, 0.717) is 6.04 Å². The SMILES string of the molecule is CCC(c1cn[nH]c1)N1CCN(c2nccnc2-c2ccccc2)CC1.Cl. The predicted octanol–water partition coefficient (Wildman–Crippen LogP) is 3.56. The zero-order valence-corrected chi connectivity index (χ0v) is 16.3. The molecular weight excluding hydrogens is 360 g/mol. The number of hydrogen-bond donors (Lipinski definition) is 1. The summed E-state index contributed by atoms with van der Waals surface area (Å²) in [6.07, 6.45) is 8.59. The zero-order chi connectivity index (χ0) is 17.8. The summed E-state index contributed by atoms with van der Waals surface area (Å²) in [6.45, 7) is 6.16. The molecule has 1 unspecified atom stereocenters. The van der Waals surface area contributed by atoms with Gasteiger partial charge in [-0.1, -0.05) is 37.3 Å². The largest absolute Gasteiger partial charge is 0.352 e. The van der Waals surface area contributed by atoms with Gasteiger partial charge in [-0.2, -0.15) is 5.10 Å². The molecule has 4 rings (SSSR count). The first-order chi connectivity index (χ1) is 12.9. The van der Waals surface area contributed by atoms with E-state index in [-0.39, 0.29) is 12.4 Å². The van der Waals surface area contributed by atoms with Crippen LogP contribution in [0.15, 0.2) is 55.1 Å². The molecule has 0 saturated carbocycles. The molecule has 0 bridgehead atoms. The number of hydrogen-bond acceptors (Lipinski definition) is 5. The van der Waals surface area contributed by atoms with Crippen LogP contribution in [0.4, 0.5) is 5.82 Å². The average molecular weight is 385 g/mol. The fraction of sp³-hybridized carbons (Fsp3) is 0.350. The minimum absolute atomic E-state index is 0. The van der Waals surface area contributed by atoms with Crippen LogP contribution in [0.2, 0.25) is 0 Å². The van der Waals surface area contributed by atoms with Gasteiger partial charge in [-0.25, -0.2) is 4.98 Å². The molecule has 3 aromatic rings. The van der Waals surface area contributed by atoms with Crippen LogP contribution in [0.1, 0.15) is 24.9 Å². The van der Waals surface area contributed by atoms with Gasteiger partial charge in [-0.05, 0) is 6.42 Å². The minimum Gasteiger partial charge on any atom is -0.352 e. The molecule has 0 radical (unpaired) electrons. The summed E-state index contributed by atoms with van der Waals surface area (Å²) in [5.74, 6) is 0.981. The average Bonchev–Trinajstić information content (AvgIpc) is 3.24. The van der Waals surface area contributed by atoms with E-state index in [1.807, 2.05) is 30.6 Å². The molecule has 1 aromatic carbocycles. The summed E-state index contributed by atoms with van der Waals surface area (Å²) in [5.41, 5.74) is 3.34. The molecule has 1 N–H and O–H groups in total. The molecule has 2 aromatic heterocycles. The maximum absolute atomic E-state index is 4.65. The van der Waals surface area contributed by atoms with E-state index in [1.54, 1.807) is 12.4 Å². The fourth-order valence-electron chi connectivity index (χ4n) is 3.75. The summed E-state index contributed by atoms with van der Waals surface area (Å²) in [7, 11) is 0. The quantitative estimate of drug-likeness (QED) is 0.728. The Morgan fingerprint density at radius 2 is 1.78 bits per heavy atom. The van der Waals surface area contributed by atoms with Crippen molar-refractivity contribution in [1.29, 1.82) is 0 Å². The Morgan fingerprint density at radius 3 is 2.44 bits per heavy atom. The number of nitrogens with one attached hydrogen (secondary N) is 1. The van der Waals surface area contributed by atoms with Gasteiger partial charge in [0.1, 0.15) is 5.69 Å². The molecule has 0 amide bonds. The van der Waals surface area contributed by atoms with Gasteiger partial charge in [0.25, 0.3) is 0 Å². The first-order valence-corrected chi connectivity index (χ1v) is 9.21. The van der Waals surface area contributed by atoms with E-state index < -0.39 is 0 Å². The summed E-state index contributed by atoms with van der Waals surface area (Å²) < 4.78 is 0. The lowest BCUT2D eigenvalue weighted by molar-refractivity contribution is 0.181. The maximum Gasteiger partial charge on any atom is 0.155 e. The van der Waals surface area contributed by atoms with Crippen LogP contribution < -0.4 is 4.90 Å². The molecule has 0 spiro atoms. The Kier molecular flexibility index (Phi) is 6.42.